The van der Waals surface area contributed by atoms with Crippen molar-refractivity contribution in [1.82, 2.24) is 0 Å². The standard InChI is InChI=1S/C18H28O/c1-4-5-7-14-9-11-15(12-10-14)17(19)16-8-6-13-18(16,2)3/h9-12,16-17,19H,4-8,13H2,1-3H3. The molecule has 0 saturated heterocycles. The molecule has 1 aliphatic rings. The van der Waals surface area contributed by atoms with Gasteiger partial charge in [0.05, 0.1) is 6.10 Å². The molecule has 1 saturated carbocycles. The van der Waals surface area contributed by atoms with Crippen molar-refractivity contribution in [3.05, 3.63) is 35.4 Å². The van der Waals surface area contributed by atoms with Crippen molar-refractivity contribution in [3.8, 4) is 0 Å². The maximum Gasteiger partial charge on any atom is 0.0823 e. The number of rotatable bonds is 5. The first-order valence-electron chi connectivity index (χ1n) is 7.81. The van der Waals surface area contributed by atoms with Crippen LogP contribution in [-0.2, 0) is 6.42 Å². The first-order chi connectivity index (χ1) is 9.04. The van der Waals surface area contributed by atoms with Crippen LogP contribution in [0.15, 0.2) is 24.3 Å². The molecule has 0 spiro atoms. The Labute approximate surface area is 118 Å². The molecule has 2 rings (SSSR count). The lowest BCUT2D eigenvalue weighted by atomic mass is 9.77. The second-order valence-electron chi connectivity index (χ2n) is 6.78. The number of aryl methyl sites for hydroxylation is 1. The highest BCUT2D eigenvalue weighted by atomic mass is 16.3. The van der Waals surface area contributed by atoms with Crippen molar-refractivity contribution < 1.29 is 5.11 Å². The van der Waals surface area contributed by atoms with Gasteiger partial charge in [0.25, 0.3) is 0 Å². The molecule has 1 aromatic carbocycles. The average molecular weight is 260 g/mol. The van der Waals surface area contributed by atoms with Crippen molar-refractivity contribution in [2.75, 3.05) is 0 Å². The predicted octanol–water partition coefficient (Wildman–Crippen LogP) is 4.89. The Bertz CT molecular complexity index is 391. The molecule has 1 aromatic rings. The van der Waals surface area contributed by atoms with Gasteiger partial charge in [-0.1, -0.05) is 57.9 Å². The average Bonchev–Trinajstić information content (AvgIpc) is 2.76. The molecular weight excluding hydrogens is 232 g/mol. The van der Waals surface area contributed by atoms with Crippen LogP contribution in [0.3, 0.4) is 0 Å². The zero-order chi connectivity index (χ0) is 13.9. The summed E-state index contributed by atoms with van der Waals surface area (Å²) in [6.07, 6.45) is 7.00. The van der Waals surface area contributed by atoms with Gasteiger partial charge in [0.1, 0.15) is 0 Å². The molecule has 19 heavy (non-hydrogen) atoms. The van der Waals surface area contributed by atoms with Crippen LogP contribution in [-0.4, -0.2) is 5.11 Å². The normalized spacial score (nSPS) is 23.5. The van der Waals surface area contributed by atoms with Crippen molar-refractivity contribution in [1.29, 1.82) is 0 Å². The van der Waals surface area contributed by atoms with E-state index in [0.717, 1.165) is 18.4 Å². The summed E-state index contributed by atoms with van der Waals surface area (Å²) in [6.45, 7) is 6.81. The van der Waals surface area contributed by atoms with Crippen molar-refractivity contribution in [3.63, 3.8) is 0 Å². The van der Waals surface area contributed by atoms with Crippen molar-refractivity contribution in [2.24, 2.45) is 11.3 Å². The van der Waals surface area contributed by atoms with Gasteiger partial charge in [-0.2, -0.15) is 0 Å². The van der Waals surface area contributed by atoms with E-state index in [2.05, 4.69) is 45.0 Å². The molecule has 1 heteroatoms. The lowest BCUT2D eigenvalue weighted by Gasteiger charge is -2.31. The molecule has 0 aliphatic heterocycles. The Kier molecular flexibility index (Phi) is 4.67. The highest BCUT2D eigenvalue weighted by Crippen LogP contribution is 2.48. The first-order valence-corrected chi connectivity index (χ1v) is 7.81. The molecule has 1 nitrogen and oxygen atoms in total. The molecule has 1 aliphatic carbocycles. The van der Waals surface area contributed by atoms with Gasteiger partial charge in [-0.25, -0.2) is 0 Å². The zero-order valence-electron chi connectivity index (χ0n) is 12.7. The Balaban J connectivity index is 2.05. The van der Waals surface area contributed by atoms with E-state index in [1.54, 1.807) is 0 Å². The van der Waals surface area contributed by atoms with Crippen LogP contribution in [0.25, 0.3) is 0 Å². The lowest BCUT2D eigenvalue weighted by Crippen LogP contribution is -2.24. The van der Waals surface area contributed by atoms with Gasteiger partial charge in [0.2, 0.25) is 0 Å². The Morgan fingerprint density at radius 1 is 1.26 bits per heavy atom. The number of hydrogen-bond donors (Lipinski definition) is 1. The minimum absolute atomic E-state index is 0.278. The fraction of sp³-hybridized carbons (Fsp3) is 0.667. The number of unbranched alkanes of at least 4 members (excludes halogenated alkanes) is 1. The largest absolute Gasteiger partial charge is 0.388 e. The van der Waals surface area contributed by atoms with Crippen LogP contribution in [0, 0.1) is 11.3 Å². The molecule has 2 atom stereocenters. The van der Waals surface area contributed by atoms with Gasteiger partial charge in [-0.15, -0.1) is 0 Å². The van der Waals surface area contributed by atoms with Gasteiger partial charge in [-0.3, -0.25) is 0 Å². The molecule has 0 aromatic heterocycles. The van der Waals surface area contributed by atoms with Gasteiger partial charge in [-0.05, 0) is 48.1 Å². The van der Waals surface area contributed by atoms with E-state index in [0.29, 0.717) is 5.92 Å². The summed E-state index contributed by atoms with van der Waals surface area (Å²) >= 11 is 0. The second kappa shape index (κ2) is 6.09. The molecule has 2 unspecified atom stereocenters. The van der Waals surface area contributed by atoms with E-state index in [1.807, 2.05) is 0 Å². The molecule has 0 amide bonds. The Hall–Kier alpha value is -0.820. The van der Waals surface area contributed by atoms with Crippen LogP contribution in [0.2, 0.25) is 0 Å². The van der Waals surface area contributed by atoms with E-state index in [1.165, 1.54) is 31.2 Å². The molecular formula is C18H28O. The monoisotopic (exact) mass is 260 g/mol. The van der Waals surface area contributed by atoms with E-state index < -0.39 is 0 Å². The maximum atomic E-state index is 10.6. The molecule has 0 heterocycles. The SMILES string of the molecule is CCCCc1ccc(C(O)C2CCCC2(C)C)cc1. The lowest BCUT2D eigenvalue weighted by molar-refractivity contribution is 0.0531. The van der Waals surface area contributed by atoms with E-state index in [-0.39, 0.29) is 11.5 Å². The molecule has 0 radical (unpaired) electrons. The minimum Gasteiger partial charge on any atom is -0.388 e. The maximum absolute atomic E-state index is 10.6. The second-order valence-corrected chi connectivity index (χ2v) is 6.78. The first kappa shape index (κ1) is 14.6. The molecule has 1 fully saturated rings. The van der Waals surface area contributed by atoms with Crippen molar-refractivity contribution >= 4 is 0 Å². The summed E-state index contributed by atoms with van der Waals surface area (Å²) in [5.41, 5.74) is 2.77. The van der Waals surface area contributed by atoms with E-state index >= 15 is 0 Å². The van der Waals surface area contributed by atoms with Gasteiger partial charge in [0, 0.05) is 0 Å². The van der Waals surface area contributed by atoms with Crippen LogP contribution in [0.1, 0.15) is 70.1 Å². The summed E-state index contributed by atoms with van der Waals surface area (Å²) in [7, 11) is 0. The highest BCUT2D eigenvalue weighted by molar-refractivity contribution is 5.25. The fourth-order valence-corrected chi connectivity index (χ4v) is 3.43. The van der Waals surface area contributed by atoms with Crippen LogP contribution in [0.4, 0.5) is 0 Å². The molecule has 1 N–H and O–H groups in total. The third-order valence-corrected chi connectivity index (χ3v) is 4.86. The number of benzene rings is 1. The number of aliphatic hydroxyl groups excluding tert-OH is 1. The quantitative estimate of drug-likeness (QED) is 0.799. The third-order valence-electron chi connectivity index (χ3n) is 4.86. The third kappa shape index (κ3) is 3.39. The Morgan fingerprint density at radius 3 is 2.47 bits per heavy atom. The molecule has 0 bridgehead atoms. The van der Waals surface area contributed by atoms with Gasteiger partial charge < -0.3 is 5.11 Å². The molecule has 106 valence electrons. The fourth-order valence-electron chi connectivity index (χ4n) is 3.43. The van der Waals surface area contributed by atoms with E-state index in [4.69, 9.17) is 0 Å². The summed E-state index contributed by atoms with van der Waals surface area (Å²) < 4.78 is 0. The number of hydrogen-bond acceptors (Lipinski definition) is 1. The van der Waals surface area contributed by atoms with Gasteiger partial charge in [0.15, 0.2) is 0 Å². The van der Waals surface area contributed by atoms with Crippen LogP contribution in [0.5, 0.6) is 0 Å². The zero-order valence-corrected chi connectivity index (χ0v) is 12.7. The highest BCUT2D eigenvalue weighted by Gasteiger charge is 2.39. The van der Waals surface area contributed by atoms with E-state index in [9.17, 15) is 5.11 Å². The van der Waals surface area contributed by atoms with Crippen LogP contribution < -0.4 is 0 Å². The topological polar surface area (TPSA) is 20.2 Å². The minimum atomic E-state index is -0.294. The van der Waals surface area contributed by atoms with Crippen LogP contribution >= 0.6 is 0 Å². The summed E-state index contributed by atoms with van der Waals surface area (Å²) in [6, 6.07) is 8.64. The summed E-state index contributed by atoms with van der Waals surface area (Å²) in [5, 5.41) is 10.6. The van der Waals surface area contributed by atoms with Crippen molar-refractivity contribution in [2.45, 2.75) is 65.4 Å². The summed E-state index contributed by atoms with van der Waals surface area (Å²) in [5.74, 6) is 0.411. The Morgan fingerprint density at radius 2 is 1.95 bits per heavy atom. The van der Waals surface area contributed by atoms with Gasteiger partial charge >= 0.3 is 0 Å². The number of aliphatic hydroxyl groups is 1. The summed E-state index contributed by atoms with van der Waals surface area (Å²) in [4.78, 5) is 0. The predicted molar refractivity (Wildman–Crippen MR) is 81.1 cm³/mol. The smallest absolute Gasteiger partial charge is 0.0823 e.